The maximum absolute atomic E-state index is 12.4. The zero-order chi connectivity index (χ0) is 14.7. The average Bonchev–Trinajstić information content (AvgIpc) is 3.00. The molecule has 3 heterocycles. The first-order valence-corrected chi connectivity index (χ1v) is 7.81. The van der Waals surface area contributed by atoms with E-state index in [1.165, 1.54) is 44.9 Å². The second kappa shape index (κ2) is 6.39. The maximum atomic E-state index is 12.4. The van der Waals surface area contributed by atoms with E-state index in [0.29, 0.717) is 11.5 Å². The van der Waals surface area contributed by atoms with Gasteiger partial charge in [0.1, 0.15) is 11.5 Å². The van der Waals surface area contributed by atoms with Gasteiger partial charge in [-0.3, -0.25) is 9.78 Å². The molecule has 0 radical (unpaired) electrons. The van der Waals surface area contributed by atoms with Gasteiger partial charge in [-0.15, -0.1) is 0 Å². The predicted octanol–water partition coefficient (Wildman–Crippen LogP) is 1.01. The Hall–Kier alpha value is -1.69. The molecule has 1 aromatic rings. The van der Waals surface area contributed by atoms with Crippen LogP contribution in [0.3, 0.4) is 0 Å². The van der Waals surface area contributed by atoms with E-state index in [0.717, 1.165) is 31.8 Å². The number of nitrogen functional groups attached to an aromatic ring is 1. The van der Waals surface area contributed by atoms with Crippen molar-refractivity contribution in [3.8, 4) is 0 Å². The highest BCUT2D eigenvalue weighted by Gasteiger charge is 2.26. The summed E-state index contributed by atoms with van der Waals surface area (Å²) in [5.41, 5.74) is 5.94. The highest BCUT2D eigenvalue weighted by Crippen LogP contribution is 2.21. The van der Waals surface area contributed by atoms with Gasteiger partial charge in [0, 0.05) is 19.6 Å². The minimum atomic E-state index is -0.0468. The van der Waals surface area contributed by atoms with Gasteiger partial charge < -0.3 is 15.5 Å². The van der Waals surface area contributed by atoms with Crippen molar-refractivity contribution in [2.45, 2.75) is 25.7 Å². The Kier molecular flexibility index (Phi) is 4.34. The summed E-state index contributed by atoms with van der Waals surface area (Å²) in [5.74, 6) is 0.971. The van der Waals surface area contributed by atoms with Crippen molar-refractivity contribution in [1.82, 2.24) is 19.8 Å². The first-order valence-electron chi connectivity index (χ1n) is 7.81. The molecule has 1 amide bonds. The van der Waals surface area contributed by atoms with Gasteiger partial charge >= 0.3 is 0 Å². The topological polar surface area (TPSA) is 75.3 Å². The molecule has 0 atom stereocenters. The van der Waals surface area contributed by atoms with Crippen molar-refractivity contribution < 1.29 is 4.79 Å². The number of carbonyl (C=O) groups excluding carboxylic acids is 1. The number of aromatic nitrogens is 2. The summed E-state index contributed by atoms with van der Waals surface area (Å²) in [5, 5.41) is 0. The van der Waals surface area contributed by atoms with Gasteiger partial charge in [0.25, 0.3) is 5.91 Å². The highest BCUT2D eigenvalue weighted by molar-refractivity contribution is 5.92. The second-order valence-corrected chi connectivity index (χ2v) is 6.07. The van der Waals surface area contributed by atoms with Gasteiger partial charge in [-0.1, -0.05) is 0 Å². The average molecular weight is 289 g/mol. The van der Waals surface area contributed by atoms with E-state index in [4.69, 9.17) is 5.73 Å². The molecular weight excluding hydrogens is 266 g/mol. The summed E-state index contributed by atoms with van der Waals surface area (Å²) >= 11 is 0. The van der Waals surface area contributed by atoms with Crippen LogP contribution in [0.4, 0.5) is 5.82 Å². The van der Waals surface area contributed by atoms with E-state index in [-0.39, 0.29) is 5.91 Å². The monoisotopic (exact) mass is 289 g/mol. The summed E-state index contributed by atoms with van der Waals surface area (Å²) in [4.78, 5) is 24.8. The standard InChI is InChI=1S/C15H23N5O/c16-14-10-17-9-13(18-14)15(21)20-7-3-12(4-8-20)11-19-5-1-2-6-19/h9-10,12H,1-8,11H2,(H2,16,18). The van der Waals surface area contributed by atoms with E-state index < -0.39 is 0 Å². The van der Waals surface area contributed by atoms with Crippen molar-refractivity contribution in [2.24, 2.45) is 5.92 Å². The molecule has 2 fully saturated rings. The Balaban J connectivity index is 1.52. The number of likely N-dealkylation sites (tertiary alicyclic amines) is 2. The van der Waals surface area contributed by atoms with Crippen LogP contribution in [0, 0.1) is 5.92 Å². The van der Waals surface area contributed by atoms with Crippen molar-refractivity contribution in [2.75, 3.05) is 38.5 Å². The fourth-order valence-electron chi connectivity index (χ4n) is 3.30. The molecule has 2 aliphatic rings. The quantitative estimate of drug-likeness (QED) is 0.898. The third-order valence-corrected chi connectivity index (χ3v) is 4.49. The molecule has 0 unspecified atom stereocenters. The smallest absolute Gasteiger partial charge is 0.274 e. The normalized spacial score (nSPS) is 20.9. The Morgan fingerprint density at radius 2 is 1.90 bits per heavy atom. The Morgan fingerprint density at radius 3 is 2.57 bits per heavy atom. The van der Waals surface area contributed by atoms with Crippen LogP contribution in [-0.2, 0) is 0 Å². The number of anilines is 1. The number of carbonyl (C=O) groups is 1. The molecule has 3 rings (SSSR count). The number of nitrogens with two attached hydrogens (primary N) is 1. The molecule has 0 aliphatic carbocycles. The zero-order valence-corrected chi connectivity index (χ0v) is 12.4. The van der Waals surface area contributed by atoms with E-state index >= 15 is 0 Å². The summed E-state index contributed by atoms with van der Waals surface area (Å²) < 4.78 is 0. The van der Waals surface area contributed by atoms with Crippen molar-refractivity contribution in [3.63, 3.8) is 0 Å². The fraction of sp³-hybridized carbons (Fsp3) is 0.667. The first kappa shape index (κ1) is 14.3. The number of rotatable bonds is 3. The number of hydrogen-bond acceptors (Lipinski definition) is 5. The Labute approximate surface area is 125 Å². The lowest BCUT2D eigenvalue weighted by molar-refractivity contribution is 0.0667. The van der Waals surface area contributed by atoms with Crippen LogP contribution < -0.4 is 5.73 Å². The van der Waals surface area contributed by atoms with Gasteiger partial charge in [-0.2, -0.15) is 0 Å². The summed E-state index contributed by atoms with van der Waals surface area (Å²) in [6, 6.07) is 0. The van der Waals surface area contributed by atoms with Crippen molar-refractivity contribution in [1.29, 1.82) is 0 Å². The minimum Gasteiger partial charge on any atom is -0.382 e. The number of hydrogen-bond donors (Lipinski definition) is 1. The van der Waals surface area contributed by atoms with Crippen molar-refractivity contribution >= 4 is 11.7 Å². The van der Waals surface area contributed by atoms with Crippen LogP contribution in [0.5, 0.6) is 0 Å². The molecule has 0 saturated carbocycles. The third-order valence-electron chi connectivity index (χ3n) is 4.49. The second-order valence-electron chi connectivity index (χ2n) is 6.07. The van der Waals surface area contributed by atoms with Crippen LogP contribution in [0.2, 0.25) is 0 Å². The summed E-state index contributed by atoms with van der Waals surface area (Å²) in [7, 11) is 0. The lowest BCUT2D eigenvalue weighted by Crippen LogP contribution is -2.41. The molecular formula is C15H23N5O. The molecule has 2 aliphatic heterocycles. The molecule has 6 nitrogen and oxygen atoms in total. The Bertz CT molecular complexity index is 493. The fourth-order valence-corrected chi connectivity index (χ4v) is 3.30. The van der Waals surface area contributed by atoms with Gasteiger partial charge in [0.2, 0.25) is 0 Å². The van der Waals surface area contributed by atoms with E-state index in [9.17, 15) is 4.79 Å². The first-order chi connectivity index (χ1) is 10.2. The van der Waals surface area contributed by atoms with Crippen LogP contribution in [-0.4, -0.2) is 58.4 Å². The lowest BCUT2D eigenvalue weighted by Gasteiger charge is -2.33. The molecule has 21 heavy (non-hydrogen) atoms. The van der Waals surface area contributed by atoms with Crippen LogP contribution in [0.15, 0.2) is 12.4 Å². The molecule has 6 heteroatoms. The molecule has 2 saturated heterocycles. The van der Waals surface area contributed by atoms with Gasteiger partial charge in [-0.05, 0) is 44.7 Å². The van der Waals surface area contributed by atoms with Crippen LogP contribution in [0.25, 0.3) is 0 Å². The molecule has 0 spiro atoms. The maximum Gasteiger partial charge on any atom is 0.274 e. The largest absolute Gasteiger partial charge is 0.382 e. The van der Waals surface area contributed by atoms with Crippen LogP contribution in [0.1, 0.15) is 36.2 Å². The Morgan fingerprint density at radius 1 is 1.19 bits per heavy atom. The molecule has 0 bridgehead atoms. The zero-order valence-electron chi connectivity index (χ0n) is 12.4. The molecule has 1 aromatic heterocycles. The third kappa shape index (κ3) is 3.50. The van der Waals surface area contributed by atoms with E-state index in [1.807, 2.05) is 4.90 Å². The van der Waals surface area contributed by atoms with E-state index in [2.05, 4.69) is 14.9 Å². The molecule has 2 N–H and O–H groups in total. The lowest BCUT2D eigenvalue weighted by atomic mass is 9.96. The number of amides is 1. The van der Waals surface area contributed by atoms with Gasteiger partial charge in [-0.25, -0.2) is 4.98 Å². The summed E-state index contributed by atoms with van der Waals surface area (Å²) in [6.07, 6.45) is 7.79. The van der Waals surface area contributed by atoms with Crippen LogP contribution >= 0.6 is 0 Å². The summed E-state index contributed by atoms with van der Waals surface area (Å²) in [6.45, 7) is 5.32. The number of nitrogens with zero attached hydrogens (tertiary/aromatic N) is 4. The highest BCUT2D eigenvalue weighted by atomic mass is 16.2. The van der Waals surface area contributed by atoms with E-state index in [1.54, 1.807) is 0 Å². The minimum absolute atomic E-state index is 0.0468. The van der Waals surface area contributed by atoms with Crippen molar-refractivity contribution in [3.05, 3.63) is 18.1 Å². The number of piperidine rings is 1. The molecule has 114 valence electrons. The van der Waals surface area contributed by atoms with Gasteiger partial charge in [0.05, 0.1) is 12.4 Å². The van der Waals surface area contributed by atoms with Gasteiger partial charge in [0.15, 0.2) is 0 Å². The molecule has 0 aromatic carbocycles. The predicted molar refractivity (Wildman–Crippen MR) is 80.7 cm³/mol. The SMILES string of the molecule is Nc1cncc(C(=O)N2CCC(CN3CCCC3)CC2)n1.